The highest BCUT2D eigenvalue weighted by Gasteiger charge is 2.24. The van der Waals surface area contributed by atoms with E-state index in [1.807, 2.05) is 18.2 Å². The number of nitrogens with one attached hydrogen (secondary N) is 1. The van der Waals surface area contributed by atoms with E-state index >= 15 is 0 Å². The lowest BCUT2D eigenvalue weighted by atomic mass is 10.1. The molecule has 0 fully saturated rings. The number of likely N-dealkylation sites (N-methyl/N-ethyl adjacent to an activating group) is 1. The maximum absolute atomic E-state index is 13.4. The quantitative estimate of drug-likeness (QED) is 0.609. The third kappa shape index (κ3) is 4.44. The molecule has 1 amide bonds. The second-order valence-electron chi connectivity index (χ2n) is 6.79. The lowest BCUT2D eigenvalue weighted by molar-refractivity contribution is -0.856. The standard InChI is InChI=1S/C21H25N3O4S/c1-23(2)11-12-24(20(25)14-9-10-15(26-3)17(13-14)28-5)21-22-19-16(27-4)7-6-8-18(19)29-21/h6-10,13H,11-12H2,1-5H3/p+1. The van der Waals surface area contributed by atoms with E-state index in [-0.39, 0.29) is 5.91 Å². The number of carbonyl (C=O) groups excluding carboxylic acids is 1. The van der Waals surface area contributed by atoms with Gasteiger partial charge in [0, 0.05) is 5.56 Å². The van der Waals surface area contributed by atoms with Gasteiger partial charge in [-0.3, -0.25) is 9.69 Å². The summed E-state index contributed by atoms with van der Waals surface area (Å²) in [6.45, 7) is 1.32. The van der Waals surface area contributed by atoms with Crippen LogP contribution in [0.1, 0.15) is 10.4 Å². The van der Waals surface area contributed by atoms with Crippen molar-refractivity contribution in [3.8, 4) is 17.2 Å². The van der Waals surface area contributed by atoms with Gasteiger partial charge in [0.1, 0.15) is 11.3 Å². The molecule has 154 valence electrons. The molecule has 0 radical (unpaired) electrons. The van der Waals surface area contributed by atoms with E-state index in [9.17, 15) is 4.79 Å². The van der Waals surface area contributed by atoms with Crippen LogP contribution in [0.25, 0.3) is 10.2 Å². The van der Waals surface area contributed by atoms with Crippen molar-refractivity contribution in [2.75, 3.05) is 53.4 Å². The lowest BCUT2D eigenvalue weighted by Crippen LogP contribution is -3.06. The molecule has 3 aromatic rings. The Bertz CT molecular complexity index is 1000. The number of methoxy groups -OCH3 is 3. The average molecular weight is 417 g/mol. The summed E-state index contributed by atoms with van der Waals surface area (Å²) < 4.78 is 17.0. The van der Waals surface area contributed by atoms with Gasteiger partial charge in [-0.25, -0.2) is 4.98 Å². The van der Waals surface area contributed by atoms with Gasteiger partial charge in [-0.1, -0.05) is 17.4 Å². The number of hydrogen-bond acceptors (Lipinski definition) is 6. The van der Waals surface area contributed by atoms with E-state index in [0.717, 1.165) is 16.8 Å². The van der Waals surface area contributed by atoms with Gasteiger partial charge in [0.05, 0.1) is 53.2 Å². The van der Waals surface area contributed by atoms with E-state index < -0.39 is 0 Å². The molecule has 8 heteroatoms. The second kappa shape index (κ2) is 9.11. The molecule has 1 N–H and O–H groups in total. The van der Waals surface area contributed by atoms with Crippen molar-refractivity contribution in [2.24, 2.45) is 0 Å². The van der Waals surface area contributed by atoms with Crippen LogP contribution in [0.4, 0.5) is 5.13 Å². The molecule has 0 saturated carbocycles. The Hall–Kier alpha value is -2.84. The molecule has 7 nitrogen and oxygen atoms in total. The number of benzene rings is 2. The first kappa shape index (κ1) is 20.9. The third-order valence-electron chi connectivity index (χ3n) is 4.53. The van der Waals surface area contributed by atoms with Gasteiger partial charge in [-0.15, -0.1) is 0 Å². The minimum atomic E-state index is -0.134. The largest absolute Gasteiger partial charge is 0.494 e. The van der Waals surface area contributed by atoms with Gasteiger partial charge < -0.3 is 19.1 Å². The Balaban J connectivity index is 2.02. The van der Waals surface area contributed by atoms with Crippen molar-refractivity contribution in [1.29, 1.82) is 0 Å². The molecule has 3 rings (SSSR count). The van der Waals surface area contributed by atoms with Crippen LogP contribution in [-0.2, 0) is 0 Å². The van der Waals surface area contributed by atoms with Crippen molar-refractivity contribution in [2.45, 2.75) is 0 Å². The molecule has 2 aromatic carbocycles. The summed E-state index contributed by atoms with van der Waals surface area (Å²) in [4.78, 5) is 21.1. The Kier molecular flexibility index (Phi) is 6.56. The molecule has 0 unspecified atom stereocenters. The molecule has 1 aromatic heterocycles. The Morgan fingerprint density at radius 1 is 1.03 bits per heavy atom. The van der Waals surface area contributed by atoms with E-state index in [4.69, 9.17) is 19.2 Å². The number of quaternary nitrogens is 1. The van der Waals surface area contributed by atoms with E-state index in [1.165, 1.54) is 16.2 Å². The van der Waals surface area contributed by atoms with Crippen molar-refractivity contribution in [1.82, 2.24) is 4.98 Å². The summed E-state index contributed by atoms with van der Waals surface area (Å²) in [7, 11) is 8.86. The van der Waals surface area contributed by atoms with E-state index in [0.29, 0.717) is 34.5 Å². The first-order chi connectivity index (χ1) is 14.0. The van der Waals surface area contributed by atoms with Gasteiger partial charge >= 0.3 is 0 Å². The summed E-state index contributed by atoms with van der Waals surface area (Å²) in [6.07, 6.45) is 0. The van der Waals surface area contributed by atoms with Crippen LogP contribution < -0.4 is 24.0 Å². The third-order valence-corrected chi connectivity index (χ3v) is 5.58. The van der Waals surface area contributed by atoms with Crippen LogP contribution in [0.3, 0.4) is 0 Å². The van der Waals surface area contributed by atoms with Crippen molar-refractivity contribution in [3.05, 3.63) is 42.0 Å². The normalized spacial score (nSPS) is 11.0. The number of nitrogens with zero attached hydrogens (tertiary/aromatic N) is 2. The van der Waals surface area contributed by atoms with Crippen LogP contribution in [0.2, 0.25) is 0 Å². The lowest BCUT2D eigenvalue weighted by Gasteiger charge is -2.21. The van der Waals surface area contributed by atoms with Crippen molar-refractivity contribution in [3.63, 3.8) is 0 Å². The van der Waals surface area contributed by atoms with Crippen LogP contribution in [0.5, 0.6) is 17.2 Å². The van der Waals surface area contributed by atoms with Gasteiger partial charge in [-0.05, 0) is 30.3 Å². The van der Waals surface area contributed by atoms with Crippen molar-refractivity contribution < 1.29 is 23.9 Å². The Morgan fingerprint density at radius 3 is 2.41 bits per heavy atom. The van der Waals surface area contributed by atoms with Gasteiger partial charge in [0.15, 0.2) is 16.6 Å². The van der Waals surface area contributed by atoms with Crippen molar-refractivity contribution >= 4 is 32.6 Å². The number of rotatable bonds is 8. The first-order valence-corrected chi connectivity index (χ1v) is 10.1. The number of thiazole rings is 1. The van der Waals surface area contributed by atoms with Crippen LogP contribution in [-0.4, -0.2) is 59.4 Å². The fourth-order valence-electron chi connectivity index (χ4n) is 2.94. The average Bonchev–Trinajstić information content (AvgIpc) is 3.16. The predicted molar refractivity (Wildman–Crippen MR) is 115 cm³/mol. The predicted octanol–water partition coefficient (Wildman–Crippen LogP) is 2.11. The number of anilines is 1. The van der Waals surface area contributed by atoms with E-state index in [2.05, 4.69) is 14.1 Å². The SMILES string of the molecule is COc1ccc(C(=O)N(CC[NH+](C)C)c2nc3c(OC)cccc3s2)cc1OC. The number of fused-ring (bicyclic) bond motifs is 1. The molecule has 0 saturated heterocycles. The molecule has 0 aliphatic heterocycles. The summed E-state index contributed by atoms with van der Waals surface area (Å²) in [5, 5.41) is 0.644. The molecular formula is C21H26N3O4S+. The first-order valence-electron chi connectivity index (χ1n) is 9.25. The highest BCUT2D eigenvalue weighted by molar-refractivity contribution is 7.22. The Labute approximate surface area is 174 Å². The van der Waals surface area contributed by atoms with Crippen LogP contribution in [0, 0.1) is 0 Å². The van der Waals surface area contributed by atoms with Gasteiger partial charge in [0.25, 0.3) is 5.91 Å². The molecule has 0 aliphatic carbocycles. The van der Waals surface area contributed by atoms with Crippen LogP contribution in [0.15, 0.2) is 36.4 Å². The number of amides is 1. The fraction of sp³-hybridized carbons (Fsp3) is 0.333. The van der Waals surface area contributed by atoms with Crippen LogP contribution >= 0.6 is 11.3 Å². The highest BCUT2D eigenvalue weighted by atomic mass is 32.1. The molecule has 0 atom stereocenters. The monoisotopic (exact) mass is 416 g/mol. The maximum atomic E-state index is 13.4. The smallest absolute Gasteiger partial charge is 0.260 e. The minimum absolute atomic E-state index is 0.134. The van der Waals surface area contributed by atoms with Gasteiger partial charge in [-0.2, -0.15) is 0 Å². The number of para-hydroxylation sites is 1. The molecular weight excluding hydrogens is 390 g/mol. The molecule has 0 bridgehead atoms. The Morgan fingerprint density at radius 2 is 1.76 bits per heavy atom. The number of hydrogen-bond donors (Lipinski definition) is 1. The summed E-state index contributed by atoms with van der Waals surface area (Å²) >= 11 is 1.48. The zero-order valence-corrected chi connectivity index (χ0v) is 18.1. The molecule has 1 heterocycles. The summed E-state index contributed by atoms with van der Waals surface area (Å²) in [5.74, 6) is 1.66. The number of aromatic nitrogens is 1. The summed E-state index contributed by atoms with van der Waals surface area (Å²) in [6, 6.07) is 11.0. The topological polar surface area (TPSA) is 65.3 Å². The van der Waals surface area contributed by atoms with E-state index in [1.54, 1.807) is 44.4 Å². The number of carbonyl (C=O) groups is 1. The number of ether oxygens (including phenoxy) is 3. The molecule has 0 spiro atoms. The zero-order valence-electron chi connectivity index (χ0n) is 17.3. The molecule has 29 heavy (non-hydrogen) atoms. The summed E-state index contributed by atoms with van der Waals surface area (Å²) in [5.41, 5.74) is 1.28. The maximum Gasteiger partial charge on any atom is 0.260 e. The molecule has 0 aliphatic rings. The zero-order chi connectivity index (χ0) is 21.0. The van der Waals surface area contributed by atoms with Gasteiger partial charge in [0.2, 0.25) is 0 Å². The fourth-order valence-corrected chi connectivity index (χ4v) is 3.94. The minimum Gasteiger partial charge on any atom is -0.494 e. The second-order valence-corrected chi connectivity index (χ2v) is 7.80. The highest BCUT2D eigenvalue weighted by Crippen LogP contribution is 2.35.